The molecule has 2 saturated heterocycles. The van der Waals surface area contributed by atoms with E-state index in [-0.39, 0.29) is 23.8 Å². The van der Waals surface area contributed by atoms with Crippen molar-refractivity contribution in [3.05, 3.63) is 52.3 Å². The Morgan fingerprint density at radius 1 is 1.41 bits per heavy atom. The number of hydrogen-bond acceptors (Lipinski definition) is 6. The van der Waals surface area contributed by atoms with Crippen LogP contribution in [0.5, 0.6) is 0 Å². The van der Waals surface area contributed by atoms with Gasteiger partial charge in [0.1, 0.15) is 5.69 Å². The SMILES string of the molecule is Cc1nc(CN2CC[C@]3(CN(C(=O)c4ccn[nH]4)C[C@@H]3c3cn(C(C)C)cn3)C2=O)cs1. The van der Waals surface area contributed by atoms with Crippen molar-refractivity contribution in [1.82, 2.24) is 34.5 Å². The molecule has 0 unspecified atom stereocenters. The van der Waals surface area contributed by atoms with Gasteiger partial charge in [0.2, 0.25) is 5.91 Å². The van der Waals surface area contributed by atoms with Gasteiger partial charge in [-0.2, -0.15) is 5.10 Å². The highest BCUT2D eigenvalue weighted by atomic mass is 32.1. The molecule has 3 aromatic heterocycles. The number of nitrogens with zero attached hydrogens (tertiary/aromatic N) is 6. The summed E-state index contributed by atoms with van der Waals surface area (Å²) < 4.78 is 2.05. The average molecular weight is 454 g/mol. The maximum absolute atomic E-state index is 13.8. The molecule has 2 aliphatic heterocycles. The molecule has 5 heterocycles. The highest BCUT2D eigenvalue weighted by Crippen LogP contribution is 2.50. The standard InChI is InChI=1S/C22H27N7O2S/c1-14(2)29-10-19(23-13-29)17-9-28(20(30)18-4-6-24-26-18)12-22(17)5-7-27(21(22)31)8-16-11-32-15(3)25-16/h4,6,10-11,13-14,17H,5,7-9,12H2,1-3H3,(H,24,26)/t17-,22-/m1/s1. The van der Waals surface area contributed by atoms with Crippen LogP contribution in [0.2, 0.25) is 0 Å². The Labute approximate surface area is 190 Å². The summed E-state index contributed by atoms with van der Waals surface area (Å²) in [6.07, 6.45) is 6.11. The summed E-state index contributed by atoms with van der Waals surface area (Å²) in [5.41, 5.74) is 1.56. The Hall–Kier alpha value is -3.01. The summed E-state index contributed by atoms with van der Waals surface area (Å²) in [7, 11) is 0. The maximum Gasteiger partial charge on any atom is 0.271 e. The van der Waals surface area contributed by atoms with Gasteiger partial charge in [0, 0.05) is 49.4 Å². The number of aryl methyl sites for hydroxylation is 1. The number of aromatic nitrogens is 5. The van der Waals surface area contributed by atoms with Gasteiger partial charge in [-0.1, -0.05) is 0 Å². The van der Waals surface area contributed by atoms with Crippen LogP contribution in [0.15, 0.2) is 30.2 Å². The van der Waals surface area contributed by atoms with E-state index in [9.17, 15) is 9.59 Å². The number of thiazole rings is 1. The maximum atomic E-state index is 13.8. The quantitative estimate of drug-likeness (QED) is 0.640. The molecule has 5 rings (SSSR count). The lowest BCUT2D eigenvalue weighted by atomic mass is 9.75. The second-order valence-electron chi connectivity index (χ2n) is 9.04. The number of carbonyl (C=O) groups is 2. The number of aromatic amines is 1. The van der Waals surface area contributed by atoms with Crippen LogP contribution in [0, 0.1) is 12.3 Å². The highest BCUT2D eigenvalue weighted by molar-refractivity contribution is 7.09. The van der Waals surface area contributed by atoms with Crippen LogP contribution in [0.1, 0.15) is 59.1 Å². The van der Waals surface area contributed by atoms with E-state index in [0.29, 0.717) is 38.3 Å². The number of imidazole rings is 1. The predicted octanol–water partition coefficient (Wildman–Crippen LogP) is 2.61. The van der Waals surface area contributed by atoms with Crippen molar-refractivity contribution in [2.45, 2.75) is 45.7 Å². The van der Waals surface area contributed by atoms with Crippen molar-refractivity contribution in [2.24, 2.45) is 5.41 Å². The summed E-state index contributed by atoms with van der Waals surface area (Å²) in [6.45, 7) is 8.18. The Morgan fingerprint density at radius 3 is 2.91 bits per heavy atom. The van der Waals surface area contributed by atoms with Crippen LogP contribution in [0.3, 0.4) is 0 Å². The van der Waals surface area contributed by atoms with Crippen LogP contribution < -0.4 is 0 Å². The molecule has 32 heavy (non-hydrogen) atoms. The molecule has 2 aliphatic rings. The van der Waals surface area contributed by atoms with E-state index in [1.54, 1.807) is 28.5 Å². The largest absolute Gasteiger partial charge is 0.336 e. The van der Waals surface area contributed by atoms with Gasteiger partial charge in [-0.15, -0.1) is 11.3 Å². The van der Waals surface area contributed by atoms with Gasteiger partial charge in [-0.05, 0) is 33.3 Å². The second kappa shape index (κ2) is 7.84. The van der Waals surface area contributed by atoms with Gasteiger partial charge in [-0.3, -0.25) is 14.7 Å². The lowest BCUT2D eigenvalue weighted by Crippen LogP contribution is -2.40. The number of rotatable bonds is 5. The fourth-order valence-corrected chi connectivity index (χ4v) is 5.56. The fraction of sp³-hybridized carbons (Fsp3) is 0.500. The van der Waals surface area contributed by atoms with E-state index < -0.39 is 5.41 Å². The lowest BCUT2D eigenvalue weighted by molar-refractivity contribution is -0.136. The van der Waals surface area contributed by atoms with Crippen molar-refractivity contribution in [3.63, 3.8) is 0 Å². The topological polar surface area (TPSA) is 100 Å². The molecule has 0 saturated carbocycles. The van der Waals surface area contributed by atoms with E-state index in [2.05, 4.69) is 38.6 Å². The smallest absolute Gasteiger partial charge is 0.271 e. The Kier molecular flexibility index (Phi) is 5.11. The molecule has 1 N–H and O–H groups in total. The Balaban J connectivity index is 1.46. The molecular weight excluding hydrogens is 426 g/mol. The highest BCUT2D eigenvalue weighted by Gasteiger charge is 2.58. The van der Waals surface area contributed by atoms with Crippen molar-refractivity contribution < 1.29 is 9.59 Å². The molecule has 0 radical (unpaired) electrons. The van der Waals surface area contributed by atoms with E-state index in [1.165, 1.54) is 0 Å². The van der Waals surface area contributed by atoms with Gasteiger partial charge in [0.05, 0.1) is 34.7 Å². The first-order chi connectivity index (χ1) is 15.4. The molecule has 0 aliphatic carbocycles. The third kappa shape index (κ3) is 3.42. The Morgan fingerprint density at radius 2 is 2.25 bits per heavy atom. The predicted molar refractivity (Wildman–Crippen MR) is 119 cm³/mol. The lowest BCUT2D eigenvalue weighted by Gasteiger charge is -2.27. The second-order valence-corrected chi connectivity index (χ2v) is 10.1. The van der Waals surface area contributed by atoms with Crippen LogP contribution in [0.4, 0.5) is 0 Å². The molecule has 2 fully saturated rings. The number of likely N-dealkylation sites (tertiary alicyclic amines) is 2. The molecule has 1 spiro atoms. The van der Waals surface area contributed by atoms with Gasteiger partial charge < -0.3 is 14.4 Å². The molecule has 2 atom stereocenters. The van der Waals surface area contributed by atoms with Crippen molar-refractivity contribution >= 4 is 23.2 Å². The molecule has 0 bridgehead atoms. The number of hydrogen-bond donors (Lipinski definition) is 1. The van der Waals surface area contributed by atoms with Crippen LogP contribution in [-0.4, -0.2) is 66.0 Å². The number of nitrogens with one attached hydrogen (secondary N) is 1. The van der Waals surface area contributed by atoms with Crippen molar-refractivity contribution in [3.8, 4) is 0 Å². The van der Waals surface area contributed by atoms with Gasteiger partial charge in [0.25, 0.3) is 5.91 Å². The summed E-state index contributed by atoms with van der Waals surface area (Å²) in [5, 5.41) is 9.68. The van der Waals surface area contributed by atoms with Gasteiger partial charge in [0.15, 0.2) is 0 Å². The van der Waals surface area contributed by atoms with E-state index in [4.69, 9.17) is 0 Å². The van der Waals surface area contributed by atoms with E-state index in [1.807, 2.05) is 29.7 Å². The van der Waals surface area contributed by atoms with Crippen molar-refractivity contribution in [2.75, 3.05) is 19.6 Å². The molecule has 168 valence electrons. The first kappa shape index (κ1) is 20.9. The third-order valence-electron chi connectivity index (χ3n) is 6.70. The zero-order chi connectivity index (χ0) is 22.5. The minimum absolute atomic E-state index is 0.0900. The third-order valence-corrected chi connectivity index (χ3v) is 7.52. The molecule has 2 amide bonds. The molecule has 10 heteroatoms. The van der Waals surface area contributed by atoms with Crippen molar-refractivity contribution in [1.29, 1.82) is 0 Å². The summed E-state index contributed by atoms with van der Waals surface area (Å²) in [4.78, 5) is 39.8. The first-order valence-electron chi connectivity index (χ1n) is 10.9. The van der Waals surface area contributed by atoms with E-state index >= 15 is 0 Å². The minimum Gasteiger partial charge on any atom is -0.336 e. The van der Waals surface area contributed by atoms with Crippen LogP contribution in [-0.2, 0) is 11.3 Å². The average Bonchev–Trinajstić information content (AvgIpc) is 3.57. The molecule has 9 nitrogen and oxygen atoms in total. The van der Waals surface area contributed by atoms with Crippen LogP contribution in [0.25, 0.3) is 0 Å². The summed E-state index contributed by atoms with van der Waals surface area (Å²) in [6, 6.07) is 1.95. The summed E-state index contributed by atoms with van der Waals surface area (Å²) >= 11 is 1.59. The molecule has 3 aromatic rings. The van der Waals surface area contributed by atoms with Crippen LogP contribution >= 0.6 is 11.3 Å². The molecule has 0 aromatic carbocycles. The fourth-order valence-electron chi connectivity index (χ4n) is 4.96. The van der Waals surface area contributed by atoms with E-state index in [0.717, 1.165) is 16.4 Å². The monoisotopic (exact) mass is 453 g/mol. The zero-order valence-electron chi connectivity index (χ0n) is 18.5. The normalized spacial score (nSPS) is 23.2. The number of H-pyrrole nitrogens is 1. The number of carbonyl (C=O) groups excluding carboxylic acids is 2. The van der Waals surface area contributed by atoms with Gasteiger partial charge >= 0.3 is 0 Å². The number of amides is 2. The first-order valence-corrected chi connectivity index (χ1v) is 11.8. The zero-order valence-corrected chi connectivity index (χ0v) is 19.3. The summed E-state index contributed by atoms with van der Waals surface area (Å²) in [5.74, 6) is -0.190. The minimum atomic E-state index is -0.670. The van der Waals surface area contributed by atoms with Gasteiger partial charge in [-0.25, -0.2) is 9.97 Å². The molecular formula is C22H27N7O2S. The Bertz CT molecular complexity index is 1140.